The Morgan fingerprint density at radius 1 is 0.619 bits per heavy atom. The van der Waals surface area contributed by atoms with Crippen molar-refractivity contribution in [3.05, 3.63) is 107 Å². The van der Waals surface area contributed by atoms with Crippen LogP contribution >= 0.6 is 0 Å². The largest absolute Gasteiger partial charge is 0.478 e. The topological polar surface area (TPSA) is 63.6 Å². The van der Waals surface area contributed by atoms with E-state index in [0.717, 1.165) is 37.7 Å². The first-order chi connectivity index (χ1) is 20.5. The van der Waals surface area contributed by atoms with E-state index in [1.165, 1.54) is 68.6 Å². The fourth-order valence-electron chi connectivity index (χ4n) is 4.66. The van der Waals surface area contributed by atoms with Crippen LogP contribution in [0.1, 0.15) is 128 Å². The molecule has 0 bridgehead atoms. The maximum atomic E-state index is 12.4. The van der Waals surface area contributed by atoms with Crippen molar-refractivity contribution >= 4 is 24.1 Å². The molecule has 0 aliphatic heterocycles. The van der Waals surface area contributed by atoms with Crippen LogP contribution in [0.3, 0.4) is 0 Å². The maximum Gasteiger partial charge on any atom is 0.339 e. The third-order valence-corrected chi connectivity index (χ3v) is 7.15. The minimum Gasteiger partial charge on any atom is -0.478 e. The van der Waals surface area contributed by atoms with E-state index in [-0.39, 0.29) is 11.1 Å². The fourth-order valence-corrected chi connectivity index (χ4v) is 4.66. The number of carbonyl (C=O) groups is 2. The van der Waals surface area contributed by atoms with Crippen LogP contribution in [0, 0.1) is 0 Å². The smallest absolute Gasteiger partial charge is 0.339 e. The van der Waals surface area contributed by atoms with Crippen LogP contribution in [-0.4, -0.2) is 23.7 Å². The number of hydrogen-bond acceptors (Lipinski definition) is 3. The minimum atomic E-state index is -1.09. The summed E-state index contributed by atoms with van der Waals surface area (Å²) in [5.41, 5.74) is 3.68. The molecule has 0 radical (unpaired) electrons. The summed E-state index contributed by atoms with van der Waals surface area (Å²) in [5, 5.41) is 9.39. The van der Waals surface area contributed by atoms with E-state index in [1.807, 2.05) is 42.5 Å². The molecule has 4 nitrogen and oxygen atoms in total. The van der Waals surface area contributed by atoms with Crippen molar-refractivity contribution in [2.45, 2.75) is 97.3 Å². The molecule has 0 saturated carbocycles. The number of carboxylic acid groups (broad SMARTS) is 1. The summed E-state index contributed by atoms with van der Waals surface area (Å²) < 4.78 is 5.35. The summed E-state index contributed by atoms with van der Waals surface area (Å²) in [7, 11) is 0. The molecule has 0 aliphatic rings. The van der Waals surface area contributed by atoms with E-state index in [0.29, 0.717) is 6.61 Å². The summed E-state index contributed by atoms with van der Waals surface area (Å²) in [6.07, 6.45) is 19.0. The van der Waals surface area contributed by atoms with E-state index in [1.54, 1.807) is 6.07 Å². The Labute approximate surface area is 253 Å². The lowest BCUT2D eigenvalue weighted by Crippen LogP contribution is -2.13. The number of unbranched alkanes of at least 4 members (excludes halogenated alkanes) is 10. The summed E-state index contributed by atoms with van der Waals surface area (Å²) in [6, 6.07) is 25.7. The van der Waals surface area contributed by atoms with Crippen LogP contribution in [0.5, 0.6) is 0 Å². The quantitative estimate of drug-likeness (QED) is 0.0938. The molecule has 0 aliphatic carbocycles. The van der Waals surface area contributed by atoms with Gasteiger partial charge in [0.05, 0.1) is 17.7 Å². The number of carbonyl (C=O) groups excluding carboxylic acids is 1. The fraction of sp³-hybridized carbons (Fsp3) is 0.421. The highest BCUT2D eigenvalue weighted by molar-refractivity contribution is 6.02. The molecule has 0 unspecified atom stereocenters. The van der Waals surface area contributed by atoms with Crippen molar-refractivity contribution in [2.24, 2.45) is 0 Å². The van der Waals surface area contributed by atoms with Crippen LogP contribution in [0.4, 0.5) is 0 Å². The molecule has 0 heterocycles. The van der Waals surface area contributed by atoms with Crippen molar-refractivity contribution in [3.63, 3.8) is 0 Å². The number of benzene rings is 3. The van der Waals surface area contributed by atoms with Crippen LogP contribution in [-0.2, 0) is 11.2 Å². The van der Waals surface area contributed by atoms with Crippen molar-refractivity contribution in [1.82, 2.24) is 0 Å². The summed E-state index contributed by atoms with van der Waals surface area (Å²) in [5.74, 6) is -1.60. The zero-order valence-electron chi connectivity index (χ0n) is 25.7. The Bertz CT molecular complexity index is 1130. The first kappa shape index (κ1) is 34.5. The molecule has 1 N–H and O–H groups in total. The zero-order valence-corrected chi connectivity index (χ0v) is 25.7. The highest BCUT2D eigenvalue weighted by atomic mass is 16.5. The third-order valence-electron chi connectivity index (χ3n) is 7.15. The number of aromatic carboxylic acids is 1. The van der Waals surface area contributed by atoms with Gasteiger partial charge in [0.2, 0.25) is 0 Å². The maximum absolute atomic E-state index is 12.4. The molecule has 0 fully saturated rings. The van der Waals surface area contributed by atoms with Crippen molar-refractivity contribution < 1.29 is 19.4 Å². The van der Waals surface area contributed by atoms with E-state index in [9.17, 15) is 14.7 Å². The number of carboxylic acids is 1. The van der Waals surface area contributed by atoms with E-state index in [2.05, 4.69) is 50.3 Å². The highest BCUT2D eigenvalue weighted by Crippen LogP contribution is 2.17. The van der Waals surface area contributed by atoms with Crippen molar-refractivity contribution in [1.29, 1.82) is 0 Å². The summed E-state index contributed by atoms with van der Waals surface area (Å²) >= 11 is 0. The summed E-state index contributed by atoms with van der Waals surface area (Å²) in [6.45, 7) is 4.74. The van der Waals surface area contributed by atoms with E-state index >= 15 is 0 Å². The molecule has 0 amide bonds. The molecule has 0 atom stereocenters. The second kappa shape index (κ2) is 22.0. The predicted molar refractivity (Wildman–Crippen MR) is 176 cm³/mol. The van der Waals surface area contributed by atoms with Crippen molar-refractivity contribution in [2.75, 3.05) is 6.61 Å². The number of ether oxygens (including phenoxy) is 1. The highest BCUT2D eigenvalue weighted by Gasteiger charge is 2.18. The molecule has 0 saturated heterocycles. The average molecular weight is 571 g/mol. The van der Waals surface area contributed by atoms with Gasteiger partial charge in [0.15, 0.2) is 0 Å². The van der Waals surface area contributed by atoms with Gasteiger partial charge in [0, 0.05) is 0 Å². The van der Waals surface area contributed by atoms with Crippen LogP contribution in [0.25, 0.3) is 12.2 Å². The predicted octanol–water partition coefficient (Wildman–Crippen LogP) is 10.7. The Morgan fingerprint density at radius 3 is 1.64 bits per heavy atom. The molecule has 4 heteroatoms. The standard InChI is InChI=1S/C24H38O4.C14H12/c1-3-5-7-9-11-13-15-20-16-17-21(23(25)26)22(19-20)24(27)28-18-14-12-10-8-6-4-2;1-3-7-13(8-4-1)11-12-14-9-5-2-6-10-14/h16-17,19H,3-15,18H2,1-2H3,(H,25,26);1-12H/b;12-11+. The normalized spacial score (nSPS) is 10.7. The molecule has 0 aromatic heterocycles. The number of esters is 1. The second-order valence-electron chi connectivity index (χ2n) is 10.8. The van der Waals surface area contributed by atoms with Gasteiger partial charge in [0.1, 0.15) is 0 Å². The van der Waals surface area contributed by atoms with Gasteiger partial charge in [-0.15, -0.1) is 0 Å². The monoisotopic (exact) mass is 570 g/mol. The lowest BCUT2D eigenvalue weighted by atomic mass is 9.99. The van der Waals surface area contributed by atoms with Gasteiger partial charge in [-0.25, -0.2) is 9.59 Å². The SMILES string of the molecule is C(=C\c1ccccc1)/c1ccccc1.CCCCCCCCOC(=O)c1cc(CCCCCCCC)ccc1C(=O)O. The Balaban J connectivity index is 0.000000363. The number of aryl methyl sites for hydroxylation is 1. The number of hydrogen-bond donors (Lipinski definition) is 1. The molecule has 226 valence electrons. The lowest BCUT2D eigenvalue weighted by molar-refractivity contribution is 0.0487. The van der Waals surface area contributed by atoms with E-state index in [4.69, 9.17) is 4.74 Å². The van der Waals surface area contributed by atoms with Crippen molar-refractivity contribution in [3.8, 4) is 0 Å². The van der Waals surface area contributed by atoms with Gasteiger partial charge in [-0.05, 0) is 48.1 Å². The Kier molecular flexibility index (Phi) is 18.1. The summed E-state index contributed by atoms with van der Waals surface area (Å²) in [4.78, 5) is 23.9. The van der Waals surface area contributed by atoms with E-state index < -0.39 is 11.9 Å². The van der Waals surface area contributed by atoms with Gasteiger partial charge in [0.25, 0.3) is 0 Å². The zero-order chi connectivity index (χ0) is 30.3. The first-order valence-corrected chi connectivity index (χ1v) is 15.9. The molecule has 3 aromatic rings. The molecule has 3 rings (SSSR count). The molecular formula is C38H50O4. The molecular weight excluding hydrogens is 520 g/mol. The Morgan fingerprint density at radius 2 is 1.12 bits per heavy atom. The molecule has 0 spiro atoms. The van der Waals surface area contributed by atoms with Gasteiger partial charge in [-0.1, -0.05) is 157 Å². The van der Waals surface area contributed by atoms with Gasteiger partial charge >= 0.3 is 11.9 Å². The van der Waals surface area contributed by atoms with Crippen LogP contribution in [0.2, 0.25) is 0 Å². The number of rotatable bonds is 18. The average Bonchev–Trinajstić information content (AvgIpc) is 3.02. The molecule has 42 heavy (non-hydrogen) atoms. The third kappa shape index (κ3) is 14.8. The van der Waals surface area contributed by atoms with Crippen LogP contribution in [0.15, 0.2) is 78.9 Å². The second-order valence-corrected chi connectivity index (χ2v) is 10.8. The lowest BCUT2D eigenvalue weighted by Gasteiger charge is -2.10. The minimum absolute atomic E-state index is 0.0274. The molecule has 3 aromatic carbocycles. The first-order valence-electron chi connectivity index (χ1n) is 15.9. The van der Waals surface area contributed by atoms with Gasteiger partial charge in [-0.3, -0.25) is 0 Å². The Hall–Kier alpha value is -3.66. The van der Waals surface area contributed by atoms with Crippen LogP contribution < -0.4 is 0 Å². The van der Waals surface area contributed by atoms with Gasteiger partial charge in [-0.2, -0.15) is 0 Å². The van der Waals surface area contributed by atoms with Gasteiger partial charge < -0.3 is 9.84 Å².